The van der Waals surface area contributed by atoms with E-state index in [1.807, 2.05) is 6.92 Å². The maximum Gasteiger partial charge on any atom is 0.161 e. The third-order valence-corrected chi connectivity index (χ3v) is 3.11. The summed E-state index contributed by atoms with van der Waals surface area (Å²) in [6.45, 7) is 3.53. The third-order valence-electron chi connectivity index (χ3n) is 3.11. The van der Waals surface area contributed by atoms with E-state index in [1.54, 1.807) is 46.5 Å². The second-order valence-corrected chi connectivity index (χ2v) is 4.10. The first-order chi connectivity index (χ1) is 7.97. The zero-order valence-electron chi connectivity index (χ0n) is 11.0. The van der Waals surface area contributed by atoms with Crippen LogP contribution in [-0.4, -0.2) is 32.5 Å². The molecule has 0 fully saturated rings. The van der Waals surface area contributed by atoms with Crippen molar-refractivity contribution in [3.05, 3.63) is 23.8 Å². The Hall–Kier alpha value is -1.26. The topological polar surface area (TPSA) is 47.9 Å². The number of aliphatic hydroxyl groups is 1. The van der Waals surface area contributed by atoms with E-state index in [-0.39, 0.29) is 6.10 Å². The quantitative estimate of drug-likeness (QED) is 0.854. The number of hydrogen-bond acceptors (Lipinski definition) is 4. The van der Waals surface area contributed by atoms with Crippen molar-refractivity contribution in [3.8, 4) is 11.5 Å². The van der Waals surface area contributed by atoms with Gasteiger partial charge in [0.2, 0.25) is 0 Å². The minimum atomic E-state index is -1.08. The van der Waals surface area contributed by atoms with Crippen molar-refractivity contribution in [1.82, 2.24) is 0 Å². The van der Waals surface area contributed by atoms with Crippen molar-refractivity contribution in [1.29, 1.82) is 0 Å². The van der Waals surface area contributed by atoms with E-state index in [2.05, 4.69) is 0 Å². The summed E-state index contributed by atoms with van der Waals surface area (Å²) in [5.74, 6) is 1.23. The van der Waals surface area contributed by atoms with Crippen molar-refractivity contribution in [2.24, 2.45) is 0 Å². The van der Waals surface area contributed by atoms with Crippen molar-refractivity contribution in [3.63, 3.8) is 0 Å². The zero-order chi connectivity index (χ0) is 13.1. The van der Waals surface area contributed by atoms with E-state index < -0.39 is 5.60 Å². The minimum Gasteiger partial charge on any atom is -0.493 e. The van der Waals surface area contributed by atoms with Crippen molar-refractivity contribution in [2.75, 3.05) is 21.3 Å². The lowest BCUT2D eigenvalue weighted by Crippen LogP contribution is -2.35. The second-order valence-electron chi connectivity index (χ2n) is 4.10. The normalized spacial score (nSPS) is 16.1. The minimum absolute atomic E-state index is 0.319. The monoisotopic (exact) mass is 240 g/mol. The lowest BCUT2D eigenvalue weighted by Gasteiger charge is -2.30. The molecular formula is C13H20O4. The van der Waals surface area contributed by atoms with Crippen LogP contribution in [0.2, 0.25) is 0 Å². The Balaban J connectivity index is 3.15. The molecule has 1 aromatic carbocycles. The van der Waals surface area contributed by atoms with Crippen LogP contribution in [-0.2, 0) is 10.3 Å². The average Bonchev–Trinajstić information content (AvgIpc) is 2.36. The van der Waals surface area contributed by atoms with Gasteiger partial charge in [-0.05, 0) is 31.5 Å². The summed E-state index contributed by atoms with van der Waals surface area (Å²) in [5, 5.41) is 10.4. The molecule has 0 radical (unpaired) electrons. The molecule has 96 valence electrons. The van der Waals surface area contributed by atoms with E-state index in [1.165, 1.54) is 0 Å². The predicted molar refractivity (Wildman–Crippen MR) is 65.6 cm³/mol. The van der Waals surface area contributed by atoms with Gasteiger partial charge in [0.1, 0.15) is 5.60 Å². The van der Waals surface area contributed by atoms with Crippen LogP contribution in [0.4, 0.5) is 0 Å². The van der Waals surface area contributed by atoms with Gasteiger partial charge in [-0.1, -0.05) is 6.07 Å². The fourth-order valence-electron chi connectivity index (χ4n) is 1.62. The second kappa shape index (κ2) is 5.38. The summed E-state index contributed by atoms with van der Waals surface area (Å²) in [5.41, 5.74) is -0.349. The zero-order valence-corrected chi connectivity index (χ0v) is 11.0. The Morgan fingerprint density at radius 2 is 1.71 bits per heavy atom. The van der Waals surface area contributed by atoms with E-state index in [4.69, 9.17) is 14.2 Å². The summed E-state index contributed by atoms with van der Waals surface area (Å²) >= 11 is 0. The van der Waals surface area contributed by atoms with Gasteiger partial charge in [-0.25, -0.2) is 0 Å². The number of ether oxygens (including phenoxy) is 3. The standard InChI is InChI=1S/C13H20O4/c1-9(15-3)13(2,14)10-6-7-11(16-4)12(8-10)17-5/h6-9,14H,1-5H3. The van der Waals surface area contributed by atoms with Crippen LogP contribution in [0.15, 0.2) is 18.2 Å². The largest absolute Gasteiger partial charge is 0.493 e. The van der Waals surface area contributed by atoms with Crippen LogP contribution >= 0.6 is 0 Å². The van der Waals surface area contributed by atoms with E-state index in [0.29, 0.717) is 11.5 Å². The van der Waals surface area contributed by atoms with E-state index in [9.17, 15) is 5.11 Å². The first-order valence-electron chi connectivity index (χ1n) is 5.45. The molecular weight excluding hydrogens is 220 g/mol. The Morgan fingerprint density at radius 3 is 2.18 bits per heavy atom. The van der Waals surface area contributed by atoms with Crippen molar-refractivity contribution >= 4 is 0 Å². The summed E-state index contributed by atoms with van der Waals surface area (Å²) in [4.78, 5) is 0. The van der Waals surface area contributed by atoms with E-state index >= 15 is 0 Å². The third kappa shape index (κ3) is 2.70. The van der Waals surface area contributed by atoms with Gasteiger partial charge in [0, 0.05) is 7.11 Å². The molecule has 0 aliphatic rings. The van der Waals surface area contributed by atoms with Gasteiger partial charge in [-0.2, -0.15) is 0 Å². The van der Waals surface area contributed by atoms with Gasteiger partial charge in [-0.3, -0.25) is 0 Å². The predicted octanol–water partition coefficient (Wildman–Crippen LogP) is 1.95. The Bertz CT molecular complexity index is 374. The van der Waals surface area contributed by atoms with Crippen molar-refractivity contribution < 1.29 is 19.3 Å². The first-order valence-corrected chi connectivity index (χ1v) is 5.45. The molecule has 0 amide bonds. The van der Waals surface area contributed by atoms with Crippen LogP contribution in [0.1, 0.15) is 19.4 Å². The van der Waals surface area contributed by atoms with Gasteiger partial charge in [0.25, 0.3) is 0 Å². The Labute approximate surface area is 102 Å². The maximum absolute atomic E-state index is 10.4. The van der Waals surface area contributed by atoms with Crippen LogP contribution in [0.3, 0.4) is 0 Å². The molecule has 1 rings (SSSR count). The number of hydrogen-bond donors (Lipinski definition) is 1. The first kappa shape index (κ1) is 13.8. The molecule has 0 bridgehead atoms. The van der Waals surface area contributed by atoms with Gasteiger partial charge in [0.05, 0.1) is 20.3 Å². The molecule has 0 aromatic heterocycles. The lowest BCUT2D eigenvalue weighted by molar-refractivity contribution is -0.0772. The van der Waals surface area contributed by atoms with Crippen molar-refractivity contribution in [2.45, 2.75) is 25.6 Å². The molecule has 17 heavy (non-hydrogen) atoms. The molecule has 0 saturated carbocycles. The Kier molecular flexibility index (Phi) is 4.37. The highest BCUT2D eigenvalue weighted by atomic mass is 16.5. The number of methoxy groups -OCH3 is 3. The molecule has 0 spiro atoms. The molecule has 1 N–H and O–H groups in total. The van der Waals surface area contributed by atoms with E-state index in [0.717, 1.165) is 5.56 Å². The van der Waals surface area contributed by atoms with Crippen LogP contribution < -0.4 is 9.47 Å². The van der Waals surface area contributed by atoms with Crippen LogP contribution in [0, 0.1) is 0 Å². The number of benzene rings is 1. The molecule has 2 unspecified atom stereocenters. The summed E-state index contributed by atoms with van der Waals surface area (Å²) in [6, 6.07) is 5.33. The Morgan fingerprint density at radius 1 is 1.12 bits per heavy atom. The molecule has 0 saturated heterocycles. The lowest BCUT2D eigenvalue weighted by atomic mass is 9.90. The highest BCUT2D eigenvalue weighted by Gasteiger charge is 2.31. The number of rotatable bonds is 5. The molecule has 4 nitrogen and oxygen atoms in total. The van der Waals surface area contributed by atoms with Crippen LogP contribution in [0.25, 0.3) is 0 Å². The summed E-state index contributed by atoms with van der Waals surface area (Å²) in [6.07, 6.45) is -0.319. The molecule has 0 aliphatic carbocycles. The molecule has 4 heteroatoms. The maximum atomic E-state index is 10.4. The van der Waals surface area contributed by atoms with Gasteiger partial charge < -0.3 is 19.3 Å². The fourth-order valence-corrected chi connectivity index (χ4v) is 1.62. The SMILES string of the molecule is COc1ccc(C(C)(O)C(C)OC)cc1OC. The summed E-state index contributed by atoms with van der Waals surface area (Å²) < 4.78 is 15.5. The molecule has 1 aromatic rings. The smallest absolute Gasteiger partial charge is 0.161 e. The highest BCUT2D eigenvalue weighted by molar-refractivity contribution is 5.44. The van der Waals surface area contributed by atoms with Gasteiger partial charge in [0.15, 0.2) is 11.5 Å². The molecule has 2 atom stereocenters. The average molecular weight is 240 g/mol. The molecule has 0 heterocycles. The fraction of sp³-hybridized carbons (Fsp3) is 0.538. The highest BCUT2D eigenvalue weighted by Crippen LogP contribution is 2.34. The molecule has 0 aliphatic heterocycles. The van der Waals surface area contributed by atoms with Crippen LogP contribution in [0.5, 0.6) is 11.5 Å². The van der Waals surface area contributed by atoms with Gasteiger partial charge >= 0.3 is 0 Å². The summed E-state index contributed by atoms with van der Waals surface area (Å²) in [7, 11) is 4.71. The van der Waals surface area contributed by atoms with Gasteiger partial charge in [-0.15, -0.1) is 0 Å².